The number of esters is 1. The molecule has 1 aliphatic heterocycles. The van der Waals surface area contributed by atoms with E-state index in [0.29, 0.717) is 16.5 Å². The second-order valence-electron chi connectivity index (χ2n) is 4.08. The van der Waals surface area contributed by atoms with Gasteiger partial charge in [0.1, 0.15) is 0 Å². The van der Waals surface area contributed by atoms with Crippen LogP contribution in [-0.4, -0.2) is 17.4 Å². The molecule has 0 aromatic carbocycles. The third-order valence-electron chi connectivity index (χ3n) is 2.90. The lowest BCUT2D eigenvalue weighted by molar-refractivity contribution is -0.143. The van der Waals surface area contributed by atoms with E-state index in [9.17, 15) is 9.59 Å². The van der Waals surface area contributed by atoms with Crippen molar-refractivity contribution in [3.8, 4) is 0 Å². The summed E-state index contributed by atoms with van der Waals surface area (Å²) >= 11 is 3.21. The Hall–Kier alpha value is -0.900. The van der Waals surface area contributed by atoms with Crippen LogP contribution in [-0.2, 0) is 14.3 Å². The molecule has 2 atom stereocenters. The molecule has 15 heavy (non-hydrogen) atoms. The number of halogens is 1. The van der Waals surface area contributed by atoms with Crippen LogP contribution < -0.4 is 0 Å². The van der Waals surface area contributed by atoms with Crippen LogP contribution >= 0.6 is 15.9 Å². The van der Waals surface area contributed by atoms with Gasteiger partial charge in [-0.15, -0.1) is 0 Å². The Morgan fingerprint density at radius 1 is 1.47 bits per heavy atom. The number of rotatable bonds is 0. The molecule has 2 rings (SSSR count). The van der Waals surface area contributed by atoms with Gasteiger partial charge in [-0.2, -0.15) is 0 Å². The summed E-state index contributed by atoms with van der Waals surface area (Å²) in [7, 11) is 0. The van der Waals surface area contributed by atoms with Gasteiger partial charge in [0, 0.05) is 5.92 Å². The maximum atomic E-state index is 11.5. The average molecular weight is 271 g/mol. The minimum absolute atomic E-state index is 0.0456. The number of hydrogen-bond donors (Lipinski definition) is 0. The van der Waals surface area contributed by atoms with Crippen LogP contribution in [0.3, 0.4) is 0 Å². The SMILES string of the molecule is CC1=CC2(C=C(Br)C1=O)OC(=O)CC2C. The highest BCUT2D eigenvalue weighted by molar-refractivity contribution is 9.12. The standard InChI is InChI=1S/C11H11BrO3/c1-6-4-11(5-8(12)10(6)14)7(2)3-9(13)15-11/h4-5,7H,3H2,1-2H3. The Morgan fingerprint density at radius 3 is 2.60 bits per heavy atom. The highest BCUT2D eigenvalue weighted by Crippen LogP contribution is 2.40. The molecule has 80 valence electrons. The van der Waals surface area contributed by atoms with Crippen LogP contribution in [0.1, 0.15) is 20.3 Å². The van der Waals surface area contributed by atoms with Gasteiger partial charge in [0.25, 0.3) is 0 Å². The molecule has 1 fully saturated rings. The Morgan fingerprint density at radius 2 is 2.13 bits per heavy atom. The largest absolute Gasteiger partial charge is 0.450 e. The molecule has 2 aliphatic rings. The van der Waals surface area contributed by atoms with E-state index in [1.807, 2.05) is 6.92 Å². The summed E-state index contributed by atoms with van der Waals surface area (Å²) in [6, 6.07) is 0. The highest BCUT2D eigenvalue weighted by Gasteiger charge is 2.46. The molecule has 1 aliphatic carbocycles. The summed E-state index contributed by atoms with van der Waals surface area (Å²) in [5, 5.41) is 0. The molecule has 0 N–H and O–H groups in total. The van der Waals surface area contributed by atoms with Gasteiger partial charge in [-0.25, -0.2) is 0 Å². The van der Waals surface area contributed by atoms with Gasteiger partial charge < -0.3 is 4.74 Å². The first-order valence-corrected chi connectivity index (χ1v) is 5.58. The lowest BCUT2D eigenvalue weighted by Gasteiger charge is -2.28. The van der Waals surface area contributed by atoms with Gasteiger partial charge in [-0.05, 0) is 40.6 Å². The molecular formula is C11H11BrO3. The van der Waals surface area contributed by atoms with Gasteiger partial charge >= 0.3 is 5.97 Å². The number of ketones is 1. The number of allylic oxidation sites excluding steroid dienone is 2. The van der Waals surface area contributed by atoms with Crippen molar-refractivity contribution < 1.29 is 14.3 Å². The van der Waals surface area contributed by atoms with Gasteiger partial charge in [0.15, 0.2) is 11.4 Å². The van der Waals surface area contributed by atoms with Gasteiger partial charge in [-0.1, -0.05) is 6.92 Å². The fourth-order valence-corrected chi connectivity index (χ4v) is 2.66. The van der Waals surface area contributed by atoms with Crippen molar-refractivity contribution in [3.05, 3.63) is 22.2 Å². The summed E-state index contributed by atoms with van der Waals surface area (Å²) in [6.45, 7) is 3.68. The normalized spacial score (nSPS) is 35.3. The topological polar surface area (TPSA) is 43.4 Å². The lowest BCUT2D eigenvalue weighted by Crippen LogP contribution is -2.33. The van der Waals surface area contributed by atoms with Crippen molar-refractivity contribution >= 4 is 27.7 Å². The van der Waals surface area contributed by atoms with E-state index in [1.165, 1.54) is 0 Å². The van der Waals surface area contributed by atoms with E-state index in [0.717, 1.165) is 0 Å². The van der Waals surface area contributed by atoms with Crippen LogP contribution in [0.2, 0.25) is 0 Å². The van der Waals surface area contributed by atoms with Gasteiger partial charge in [-0.3, -0.25) is 9.59 Å². The monoisotopic (exact) mass is 270 g/mol. The Bertz CT molecular complexity index is 384. The second-order valence-corrected chi connectivity index (χ2v) is 4.94. The van der Waals surface area contributed by atoms with E-state index < -0.39 is 5.60 Å². The number of Topliss-reactive ketones (excluding diaryl/α,β-unsaturated/α-hetero) is 1. The maximum Gasteiger partial charge on any atom is 0.307 e. The van der Waals surface area contributed by atoms with Crippen LogP contribution in [0.25, 0.3) is 0 Å². The average Bonchev–Trinajstić information content (AvgIpc) is 2.38. The van der Waals surface area contributed by atoms with Gasteiger partial charge in [0.05, 0.1) is 10.9 Å². The fraction of sp³-hybridized carbons (Fsp3) is 0.455. The van der Waals surface area contributed by atoms with E-state index in [-0.39, 0.29) is 17.7 Å². The Balaban J connectivity index is 2.46. The summed E-state index contributed by atoms with van der Waals surface area (Å²) in [4.78, 5) is 22.8. The first-order chi connectivity index (χ1) is 6.94. The van der Waals surface area contributed by atoms with Crippen LogP contribution in [0, 0.1) is 5.92 Å². The van der Waals surface area contributed by atoms with E-state index in [1.54, 1.807) is 19.1 Å². The second kappa shape index (κ2) is 3.30. The predicted molar refractivity (Wildman–Crippen MR) is 58.4 cm³/mol. The molecule has 1 heterocycles. The molecule has 0 radical (unpaired) electrons. The Labute approximate surface area is 96.3 Å². The molecule has 0 aromatic heterocycles. The molecule has 0 bridgehead atoms. The molecule has 3 nitrogen and oxygen atoms in total. The molecule has 2 unspecified atom stereocenters. The lowest BCUT2D eigenvalue weighted by atomic mass is 9.83. The summed E-state index contributed by atoms with van der Waals surface area (Å²) in [5.74, 6) is -0.186. The van der Waals surface area contributed by atoms with Crippen molar-refractivity contribution in [2.75, 3.05) is 0 Å². The van der Waals surface area contributed by atoms with Crippen LogP contribution in [0.4, 0.5) is 0 Å². The van der Waals surface area contributed by atoms with Crippen molar-refractivity contribution in [2.45, 2.75) is 25.9 Å². The zero-order chi connectivity index (χ0) is 11.2. The van der Waals surface area contributed by atoms with Crippen molar-refractivity contribution in [1.29, 1.82) is 0 Å². The Kier molecular flexibility index (Phi) is 2.34. The number of ether oxygens (including phenoxy) is 1. The molecular weight excluding hydrogens is 260 g/mol. The quantitative estimate of drug-likeness (QED) is 0.634. The molecule has 0 aromatic rings. The van der Waals surface area contributed by atoms with Crippen molar-refractivity contribution in [2.24, 2.45) is 5.92 Å². The van der Waals surface area contributed by atoms with Crippen LogP contribution in [0.15, 0.2) is 22.2 Å². The third kappa shape index (κ3) is 1.57. The van der Waals surface area contributed by atoms with Crippen molar-refractivity contribution in [1.82, 2.24) is 0 Å². The third-order valence-corrected chi connectivity index (χ3v) is 3.49. The molecule has 4 heteroatoms. The molecule has 0 saturated carbocycles. The molecule has 1 saturated heterocycles. The fourth-order valence-electron chi connectivity index (χ4n) is 1.99. The minimum Gasteiger partial charge on any atom is -0.450 e. The summed E-state index contributed by atoms with van der Waals surface area (Å²) < 4.78 is 5.79. The molecule has 1 spiro atoms. The summed E-state index contributed by atoms with van der Waals surface area (Å²) in [5.41, 5.74) is -0.0978. The van der Waals surface area contributed by atoms with Gasteiger partial charge in [0.2, 0.25) is 0 Å². The maximum absolute atomic E-state index is 11.5. The highest BCUT2D eigenvalue weighted by atomic mass is 79.9. The number of carbonyl (C=O) groups is 2. The smallest absolute Gasteiger partial charge is 0.307 e. The summed E-state index contributed by atoms with van der Waals surface area (Å²) in [6.07, 6.45) is 3.84. The zero-order valence-electron chi connectivity index (χ0n) is 8.54. The van der Waals surface area contributed by atoms with E-state index in [2.05, 4.69) is 15.9 Å². The van der Waals surface area contributed by atoms with E-state index in [4.69, 9.17) is 4.74 Å². The van der Waals surface area contributed by atoms with Crippen molar-refractivity contribution in [3.63, 3.8) is 0 Å². The predicted octanol–water partition coefficient (Wildman–Crippen LogP) is 2.12. The number of hydrogen-bond acceptors (Lipinski definition) is 3. The first-order valence-electron chi connectivity index (χ1n) is 4.79. The number of carbonyl (C=O) groups excluding carboxylic acids is 2. The first kappa shape index (κ1) is 10.6. The minimum atomic E-state index is -0.714. The van der Waals surface area contributed by atoms with Crippen LogP contribution in [0.5, 0.6) is 0 Å². The van der Waals surface area contributed by atoms with E-state index >= 15 is 0 Å². The zero-order valence-corrected chi connectivity index (χ0v) is 10.1. The molecule has 0 amide bonds.